The summed E-state index contributed by atoms with van der Waals surface area (Å²) in [5, 5.41) is 23.7. The van der Waals surface area contributed by atoms with Gasteiger partial charge in [0, 0.05) is 0 Å². The lowest BCUT2D eigenvalue weighted by Crippen LogP contribution is -2.48. The molecule has 0 saturated carbocycles. The van der Waals surface area contributed by atoms with Gasteiger partial charge in [-0.25, -0.2) is 9.59 Å². The second-order valence-electron chi connectivity index (χ2n) is 6.09. The van der Waals surface area contributed by atoms with Crippen LogP contribution in [-0.2, 0) is 14.3 Å². The number of hydrogen-bond donors (Lipinski definition) is 4. The van der Waals surface area contributed by atoms with Gasteiger partial charge in [0.25, 0.3) is 0 Å². The Balaban J connectivity index is 2.61. The zero-order chi connectivity index (χ0) is 18.3. The van der Waals surface area contributed by atoms with Crippen LogP contribution in [-0.4, -0.2) is 46.4 Å². The zero-order valence-corrected chi connectivity index (χ0v) is 13.8. The Morgan fingerprint density at radius 2 is 1.75 bits per heavy atom. The monoisotopic (exact) mass is 338 g/mol. The van der Waals surface area contributed by atoms with Crippen molar-refractivity contribution < 1.29 is 29.3 Å². The lowest BCUT2D eigenvalue weighted by atomic mass is 10.0. The number of ether oxygens (including phenoxy) is 1. The first kappa shape index (κ1) is 19.4. The predicted molar refractivity (Wildman–Crippen MR) is 85.2 cm³/mol. The average molecular weight is 338 g/mol. The molecule has 8 heteroatoms. The molecule has 0 aliphatic rings. The number of aliphatic carboxylic acids is 1. The van der Waals surface area contributed by atoms with Crippen molar-refractivity contribution in [2.75, 3.05) is 6.54 Å². The summed E-state index contributed by atoms with van der Waals surface area (Å²) in [5.41, 5.74) is -0.362. The van der Waals surface area contributed by atoms with E-state index in [0.29, 0.717) is 5.56 Å². The number of nitrogens with one attached hydrogen (secondary N) is 2. The minimum Gasteiger partial charge on any atom is -0.480 e. The number of carboxylic acids is 1. The van der Waals surface area contributed by atoms with E-state index >= 15 is 0 Å². The van der Waals surface area contributed by atoms with Crippen molar-refractivity contribution in [3.05, 3.63) is 35.9 Å². The van der Waals surface area contributed by atoms with Gasteiger partial charge in [0.2, 0.25) is 5.91 Å². The molecule has 2 atom stereocenters. The molecule has 0 saturated heterocycles. The number of rotatable bonds is 6. The van der Waals surface area contributed by atoms with E-state index in [9.17, 15) is 24.6 Å². The molecule has 132 valence electrons. The molecule has 1 rings (SSSR count). The van der Waals surface area contributed by atoms with Gasteiger partial charge >= 0.3 is 12.1 Å². The molecule has 2 unspecified atom stereocenters. The van der Waals surface area contributed by atoms with E-state index in [2.05, 4.69) is 10.6 Å². The van der Waals surface area contributed by atoms with Crippen LogP contribution in [0, 0.1) is 0 Å². The fraction of sp³-hybridized carbons (Fsp3) is 0.438. The van der Waals surface area contributed by atoms with Crippen LogP contribution in [0.25, 0.3) is 0 Å². The summed E-state index contributed by atoms with van der Waals surface area (Å²) in [7, 11) is 0. The molecule has 1 aromatic rings. The van der Waals surface area contributed by atoms with Gasteiger partial charge in [0.1, 0.15) is 18.2 Å². The summed E-state index contributed by atoms with van der Waals surface area (Å²) in [4.78, 5) is 34.6. The number of aliphatic hydroxyl groups is 1. The van der Waals surface area contributed by atoms with E-state index in [1.807, 2.05) is 0 Å². The maximum absolute atomic E-state index is 11.8. The minimum absolute atomic E-state index is 0.352. The molecule has 24 heavy (non-hydrogen) atoms. The molecule has 8 nitrogen and oxygen atoms in total. The number of alkyl carbamates (subject to hydrolysis) is 1. The molecule has 4 N–H and O–H groups in total. The highest BCUT2D eigenvalue weighted by Crippen LogP contribution is 2.16. The smallest absolute Gasteiger partial charge is 0.408 e. The van der Waals surface area contributed by atoms with Crippen LogP contribution in [0.5, 0.6) is 0 Å². The third kappa shape index (κ3) is 6.66. The highest BCUT2D eigenvalue weighted by Gasteiger charge is 2.29. The second-order valence-corrected chi connectivity index (χ2v) is 6.09. The van der Waals surface area contributed by atoms with Gasteiger partial charge in [-0.15, -0.1) is 0 Å². The first-order valence-electron chi connectivity index (χ1n) is 7.32. The van der Waals surface area contributed by atoms with E-state index in [0.717, 1.165) is 0 Å². The Bertz CT molecular complexity index is 582. The second kappa shape index (κ2) is 8.30. The fourth-order valence-corrected chi connectivity index (χ4v) is 1.81. The SMILES string of the molecule is CC(C)(C)OC(=O)NCC(=O)NC(C(=O)O)C(O)c1ccccc1. The van der Waals surface area contributed by atoms with Crippen LogP contribution in [0.15, 0.2) is 30.3 Å². The highest BCUT2D eigenvalue weighted by molar-refractivity contribution is 5.87. The summed E-state index contributed by atoms with van der Waals surface area (Å²) < 4.78 is 4.96. The van der Waals surface area contributed by atoms with E-state index in [4.69, 9.17) is 4.74 Å². The fourth-order valence-electron chi connectivity index (χ4n) is 1.81. The van der Waals surface area contributed by atoms with Crippen molar-refractivity contribution >= 4 is 18.0 Å². The Morgan fingerprint density at radius 3 is 2.25 bits per heavy atom. The van der Waals surface area contributed by atoms with Crippen molar-refractivity contribution in [2.45, 2.75) is 38.5 Å². The standard InChI is InChI=1S/C16H22N2O6/c1-16(2,3)24-15(23)17-9-11(19)18-12(14(21)22)13(20)10-7-5-4-6-8-10/h4-8,12-13,20H,9H2,1-3H3,(H,17,23)(H,18,19)(H,21,22). The zero-order valence-electron chi connectivity index (χ0n) is 13.8. The van der Waals surface area contributed by atoms with Crippen LogP contribution in [0.3, 0.4) is 0 Å². The van der Waals surface area contributed by atoms with Crippen LogP contribution in [0.4, 0.5) is 4.79 Å². The third-order valence-corrected chi connectivity index (χ3v) is 2.83. The van der Waals surface area contributed by atoms with Gasteiger partial charge < -0.3 is 25.6 Å². The third-order valence-electron chi connectivity index (χ3n) is 2.83. The number of carbonyl (C=O) groups is 3. The number of amides is 2. The molecule has 0 fully saturated rings. The first-order valence-corrected chi connectivity index (χ1v) is 7.32. The van der Waals surface area contributed by atoms with Crippen LogP contribution < -0.4 is 10.6 Å². The molecule has 0 bridgehead atoms. The quantitative estimate of drug-likeness (QED) is 0.608. The van der Waals surface area contributed by atoms with E-state index < -0.39 is 42.3 Å². The lowest BCUT2D eigenvalue weighted by Gasteiger charge is -2.22. The summed E-state index contributed by atoms with van der Waals surface area (Å²) in [6, 6.07) is 6.56. The van der Waals surface area contributed by atoms with Crippen molar-refractivity contribution in [2.24, 2.45) is 0 Å². The van der Waals surface area contributed by atoms with Crippen LogP contribution >= 0.6 is 0 Å². The number of aliphatic hydroxyl groups excluding tert-OH is 1. The first-order chi connectivity index (χ1) is 11.1. The van der Waals surface area contributed by atoms with Gasteiger partial charge in [-0.2, -0.15) is 0 Å². The minimum atomic E-state index is -1.54. The summed E-state index contributed by atoms with van der Waals surface area (Å²) in [6.07, 6.45) is -2.22. The van der Waals surface area contributed by atoms with E-state index in [-0.39, 0.29) is 0 Å². The number of carboxylic acid groups (broad SMARTS) is 1. The normalized spacial score (nSPS) is 13.5. The predicted octanol–water partition coefficient (Wildman–Crippen LogP) is 0.814. The molecule has 0 heterocycles. The Hall–Kier alpha value is -2.61. The maximum atomic E-state index is 11.8. The molecular formula is C16H22N2O6. The summed E-state index contributed by atoms with van der Waals surface area (Å²) >= 11 is 0. The van der Waals surface area contributed by atoms with E-state index in [1.165, 1.54) is 0 Å². The van der Waals surface area contributed by atoms with Crippen molar-refractivity contribution in [3.63, 3.8) is 0 Å². The molecule has 1 aromatic carbocycles. The number of carbonyl (C=O) groups excluding carboxylic acids is 2. The van der Waals surface area contributed by atoms with Gasteiger partial charge in [-0.05, 0) is 26.3 Å². The Kier molecular flexibility index (Phi) is 6.72. The molecular weight excluding hydrogens is 316 g/mol. The van der Waals surface area contributed by atoms with Gasteiger partial charge in [0.15, 0.2) is 6.04 Å². The summed E-state index contributed by atoms with van der Waals surface area (Å²) in [6.45, 7) is 4.54. The van der Waals surface area contributed by atoms with Crippen molar-refractivity contribution in [1.29, 1.82) is 0 Å². The topological polar surface area (TPSA) is 125 Å². The lowest BCUT2D eigenvalue weighted by molar-refractivity contribution is -0.145. The molecule has 0 spiro atoms. The van der Waals surface area contributed by atoms with Crippen LogP contribution in [0.2, 0.25) is 0 Å². The average Bonchev–Trinajstić information content (AvgIpc) is 2.49. The highest BCUT2D eigenvalue weighted by atomic mass is 16.6. The number of benzene rings is 1. The number of hydrogen-bond acceptors (Lipinski definition) is 5. The summed E-state index contributed by atoms with van der Waals surface area (Å²) in [5.74, 6) is -2.15. The molecule has 0 aromatic heterocycles. The molecule has 2 amide bonds. The molecule has 0 aliphatic heterocycles. The van der Waals surface area contributed by atoms with Gasteiger partial charge in [-0.1, -0.05) is 30.3 Å². The molecule has 0 radical (unpaired) electrons. The van der Waals surface area contributed by atoms with Crippen LogP contribution in [0.1, 0.15) is 32.4 Å². The van der Waals surface area contributed by atoms with Crippen molar-refractivity contribution in [1.82, 2.24) is 10.6 Å². The van der Waals surface area contributed by atoms with E-state index in [1.54, 1.807) is 51.1 Å². The maximum Gasteiger partial charge on any atom is 0.408 e. The largest absolute Gasteiger partial charge is 0.480 e. The molecule has 0 aliphatic carbocycles. The Morgan fingerprint density at radius 1 is 1.17 bits per heavy atom. The van der Waals surface area contributed by atoms with Gasteiger partial charge in [-0.3, -0.25) is 4.79 Å². The Labute approximate surface area is 139 Å². The van der Waals surface area contributed by atoms with Crippen molar-refractivity contribution in [3.8, 4) is 0 Å². The van der Waals surface area contributed by atoms with Gasteiger partial charge in [0.05, 0.1) is 0 Å².